The molecular formula is C17H14N4O2S. The van der Waals surface area contributed by atoms with Crippen molar-refractivity contribution in [1.82, 2.24) is 19.2 Å². The maximum Gasteiger partial charge on any atom is 0.291 e. The molecule has 7 heteroatoms. The van der Waals surface area contributed by atoms with Gasteiger partial charge in [-0.1, -0.05) is 36.5 Å². The second-order valence-corrected chi connectivity index (χ2v) is 6.49. The molecule has 24 heavy (non-hydrogen) atoms. The molecule has 0 fully saturated rings. The Morgan fingerprint density at radius 1 is 1.33 bits per heavy atom. The molecule has 0 bridgehead atoms. The summed E-state index contributed by atoms with van der Waals surface area (Å²) < 4.78 is 3.50. The molecule has 3 heterocycles. The lowest BCUT2D eigenvalue weighted by Crippen LogP contribution is -2.23. The molecule has 0 unspecified atom stereocenters. The van der Waals surface area contributed by atoms with Crippen LogP contribution in [-0.2, 0) is 6.42 Å². The minimum absolute atomic E-state index is 0.0663. The standard InChI is InChI=1S/C17H14N4O2S/c1-3-15-18-17-21(19-15)16(23)14(24-17)8-11-9-20(10(2)22)13-7-5-4-6-12(11)13/h4-9H,3H2,1-2H3/b14-8-. The number of fused-ring (bicyclic) bond motifs is 2. The highest BCUT2D eigenvalue weighted by Gasteiger charge is 2.12. The van der Waals surface area contributed by atoms with E-state index < -0.39 is 0 Å². The zero-order valence-electron chi connectivity index (χ0n) is 13.2. The zero-order valence-corrected chi connectivity index (χ0v) is 14.0. The van der Waals surface area contributed by atoms with E-state index in [1.165, 1.54) is 22.8 Å². The summed E-state index contributed by atoms with van der Waals surface area (Å²) in [4.78, 5) is 29.3. The van der Waals surface area contributed by atoms with Crippen molar-refractivity contribution in [2.75, 3.05) is 0 Å². The Kier molecular flexibility index (Phi) is 3.31. The van der Waals surface area contributed by atoms with E-state index in [1.807, 2.05) is 31.2 Å². The topological polar surface area (TPSA) is 69.3 Å². The number of benzene rings is 1. The molecule has 0 saturated carbocycles. The number of carbonyl (C=O) groups excluding carboxylic acids is 1. The normalized spacial score (nSPS) is 12.5. The van der Waals surface area contributed by atoms with E-state index in [0.717, 1.165) is 16.5 Å². The summed E-state index contributed by atoms with van der Waals surface area (Å²) >= 11 is 1.31. The fraction of sp³-hybridized carbons (Fsp3) is 0.176. The number of hydrogen-bond donors (Lipinski definition) is 0. The van der Waals surface area contributed by atoms with Crippen molar-refractivity contribution >= 4 is 39.2 Å². The van der Waals surface area contributed by atoms with Crippen LogP contribution < -0.4 is 10.1 Å². The molecule has 0 spiro atoms. The maximum atomic E-state index is 12.5. The van der Waals surface area contributed by atoms with E-state index in [2.05, 4.69) is 10.1 Å². The number of carbonyl (C=O) groups is 1. The van der Waals surface area contributed by atoms with Crippen molar-refractivity contribution in [3.05, 3.63) is 56.7 Å². The third-order valence-corrected chi connectivity index (χ3v) is 4.87. The molecule has 0 amide bonds. The number of para-hydroxylation sites is 1. The fourth-order valence-electron chi connectivity index (χ4n) is 2.75. The Hall–Kier alpha value is -2.80. The van der Waals surface area contributed by atoms with Gasteiger partial charge in [0.05, 0.1) is 10.0 Å². The number of thiazole rings is 1. The second-order valence-electron chi connectivity index (χ2n) is 5.48. The summed E-state index contributed by atoms with van der Waals surface area (Å²) in [5.74, 6) is 0.599. The number of aromatic nitrogens is 4. The van der Waals surface area contributed by atoms with Gasteiger partial charge in [0.2, 0.25) is 10.9 Å². The van der Waals surface area contributed by atoms with Crippen LogP contribution in [-0.4, -0.2) is 25.1 Å². The Morgan fingerprint density at radius 2 is 2.12 bits per heavy atom. The molecule has 1 aromatic carbocycles. The lowest BCUT2D eigenvalue weighted by molar-refractivity contribution is 0.0941. The zero-order chi connectivity index (χ0) is 16.8. The SMILES string of the molecule is CCc1nc2s/c(=C\c3cn(C(C)=O)c4ccccc34)c(=O)n2n1. The number of nitrogens with zero attached hydrogens (tertiary/aromatic N) is 4. The van der Waals surface area contributed by atoms with E-state index >= 15 is 0 Å². The summed E-state index contributed by atoms with van der Waals surface area (Å²) in [7, 11) is 0. The van der Waals surface area contributed by atoms with Gasteiger partial charge in [-0.15, -0.1) is 5.10 Å². The largest absolute Gasteiger partial charge is 0.291 e. The van der Waals surface area contributed by atoms with Gasteiger partial charge in [-0.25, -0.2) is 4.98 Å². The second kappa shape index (κ2) is 5.38. The van der Waals surface area contributed by atoms with Crippen LogP contribution in [0.3, 0.4) is 0 Å². The van der Waals surface area contributed by atoms with Crippen molar-refractivity contribution in [3.63, 3.8) is 0 Å². The molecule has 4 aromatic rings. The predicted molar refractivity (Wildman–Crippen MR) is 93.5 cm³/mol. The molecule has 0 aliphatic heterocycles. The van der Waals surface area contributed by atoms with Crippen molar-refractivity contribution in [3.8, 4) is 0 Å². The van der Waals surface area contributed by atoms with Crippen LogP contribution in [0, 0.1) is 0 Å². The first-order valence-corrected chi connectivity index (χ1v) is 8.41. The first kappa shape index (κ1) is 14.8. The van der Waals surface area contributed by atoms with Crippen LogP contribution in [0.25, 0.3) is 21.9 Å². The summed E-state index contributed by atoms with van der Waals surface area (Å²) in [5.41, 5.74) is 1.48. The van der Waals surface area contributed by atoms with Crippen LogP contribution in [0.5, 0.6) is 0 Å². The lowest BCUT2D eigenvalue weighted by Gasteiger charge is -1.96. The van der Waals surface area contributed by atoms with Gasteiger partial charge in [0, 0.05) is 30.5 Å². The molecule has 3 aromatic heterocycles. The third kappa shape index (κ3) is 2.16. The quantitative estimate of drug-likeness (QED) is 0.559. The molecule has 0 saturated heterocycles. The molecule has 0 aliphatic rings. The smallest absolute Gasteiger partial charge is 0.287 e. The van der Waals surface area contributed by atoms with Crippen molar-refractivity contribution in [2.24, 2.45) is 0 Å². The number of aryl methyl sites for hydroxylation is 1. The van der Waals surface area contributed by atoms with Crippen LogP contribution in [0.1, 0.15) is 30.0 Å². The molecule has 0 atom stereocenters. The average Bonchev–Trinajstić information content (AvgIpc) is 3.22. The average molecular weight is 338 g/mol. The highest BCUT2D eigenvalue weighted by Crippen LogP contribution is 2.21. The summed E-state index contributed by atoms with van der Waals surface area (Å²) in [6.07, 6.45) is 4.26. The van der Waals surface area contributed by atoms with Gasteiger partial charge in [-0.3, -0.25) is 14.2 Å². The van der Waals surface area contributed by atoms with Gasteiger partial charge in [0.1, 0.15) is 0 Å². The fourth-order valence-corrected chi connectivity index (χ4v) is 3.66. The van der Waals surface area contributed by atoms with E-state index in [-0.39, 0.29) is 11.5 Å². The van der Waals surface area contributed by atoms with Crippen molar-refractivity contribution in [2.45, 2.75) is 20.3 Å². The van der Waals surface area contributed by atoms with Gasteiger partial charge >= 0.3 is 0 Å². The van der Waals surface area contributed by atoms with Gasteiger partial charge in [0.25, 0.3) is 5.56 Å². The van der Waals surface area contributed by atoms with E-state index in [9.17, 15) is 9.59 Å². The molecule has 0 aliphatic carbocycles. The molecule has 0 N–H and O–H groups in total. The molecule has 4 rings (SSSR count). The van der Waals surface area contributed by atoms with E-state index in [1.54, 1.807) is 16.8 Å². The molecule has 6 nitrogen and oxygen atoms in total. The van der Waals surface area contributed by atoms with Gasteiger partial charge in [-0.2, -0.15) is 4.52 Å². The maximum absolute atomic E-state index is 12.5. The molecule has 120 valence electrons. The van der Waals surface area contributed by atoms with Crippen molar-refractivity contribution in [1.29, 1.82) is 0 Å². The van der Waals surface area contributed by atoms with E-state index in [4.69, 9.17) is 0 Å². The Labute approximate surface area is 140 Å². The lowest BCUT2D eigenvalue weighted by atomic mass is 10.2. The summed E-state index contributed by atoms with van der Waals surface area (Å²) in [6.45, 7) is 3.47. The summed E-state index contributed by atoms with van der Waals surface area (Å²) in [6, 6.07) is 7.64. The van der Waals surface area contributed by atoms with Crippen molar-refractivity contribution < 1.29 is 4.79 Å². The predicted octanol–water partition coefficient (Wildman–Crippen LogP) is 1.88. The Balaban J connectivity index is 1.97. The van der Waals surface area contributed by atoms with Gasteiger partial charge in [-0.05, 0) is 12.1 Å². The molecule has 0 radical (unpaired) electrons. The first-order valence-electron chi connectivity index (χ1n) is 7.59. The van der Waals surface area contributed by atoms with Crippen LogP contribution in [0.2, 0.25) is 0 Å². The van der Waals surface area contributed by atoms with E-state index in [0.29, 0.717) is 21.7 Å². The first-order chi connectivity index (χ1) is 11.6. The third-order valence-electron chi connectivity index (χ3n) is 3.91. The van der Waals surface area contributed by atoms with Crippen LogP contribution >= 0.6 is 11.3 Å². The highest BCUT2D eigenvalue weighted by atomic mass is 32.1. The highest BCUT2D eigenvalue weighted by molar-refractivity contribution is 7.15. The Bertz CT molecular complexity index is 1200. The monoisotopic (exact) mass is 338 g/mol. The van der Waals surface area contributed by atoms with Gasteiger partial charge in [0.15, 0.2) is 5.82 Å². The summed E-state index contributed by atoms with van der Waals surface area (Å²) in [5, 5.41) is 5.14. The number of rotatable bonds is 2. The number of hydrogen-bond acceptors (Lipinski definition) is 5. The van der Waals surface area contributed by atoms with Crippen LogP contribution in [0.4, 0.5) is 0 Å². The van der Waals surface area contributed by atoms with Crippen LogP contribution in [0.15, 0.2) is 35.3 Å². The molecular weight excluding hydrogens is 324 g/mol. The minimum Gasteiger partial charge on any atom is -0.287 e. The Morgan fingerprint density at radius 3 is 2.83 bits per heavy atom. The minimum atomic E-state index is -0.179. The van der Waals surface area contributed by atoms with Gasteiger partial charge < -0.3 is 0 Å².